The van der Waals surface area contributed by atoms with Gasteiger partial charge in [-0.25, -0.2) is 4.98 Å². The smallest absolute Gasteiger partial charge is 0.250 e. The summed E-state index contributed by atoms with van der Waals surface area (Å²) in [6.45, 7) is 0. The molecule has 0 spiro atoms. The molecule has 5 nitrogen and oxygen atoms in total. The number of nitrogens with two attached hydrogens (primary N) is 1. The average molecular weight is 434 g/mol. The van der Waals surface area contributed by atoms with Crippen molar-refractivity contribution in [2.75, 3.05) is 0 Å². The van der Waals surface area contributed by atoms with Crippen LogP contribution in [0.15, 0.2) is 36.5 Å². The fraction of sp³-hybridized carbons (Fsp3) is 0.556. The SMILES string of the molecule is NC(=O)c1ccc(Oc2ccc3c(c2)CCC3N(C2CCCCC2)C2CCCCC2)nc1. The summed E-state index contributed by atoms with van der Waals surface area (Å²) in [5.74, 6) is 0.814. The van der Waals surface area contributed by atoms with Gasteiger partial charge in [0.15, 0.2) is 0 Å². The number of amides is 1. The van der Waals surface area contributed by atoms with E-state index >= 15 is 0 Å². The Hall–Kier alpha value is -2.40. The van der Waals surface area contributed by atoms with Gasteiger partial charge in [0.05, 0.1) is 5.56 Å². The quantitative estimate of drug-likeness (QED) is 0.613. The van der Waals surface area contributed by atoms with Crippen LogP contribution in [0, 0.1) is 0 Å². The van der Waals surface area contributed by atoms with E-state index in [1.807, 2.05) is 0 Å². The van der Waals surface area contributed by atoms with Crippen molar-refractivity contribution in [3.8, 4) is 11.6 Å². The molecule has 0 radical (unpaired) electrons. The molecule has 1 heterocycles. The zero-order chi connectivity index (χ0) is 21.9. The molecule has 1 aromatic heterocycles. The standard InChI is InChI=1S/C27H35N3O2/c28-27(31)20-12-16-26(29-18-20)32-23-13-14-24-19(17-23)11-15-25(24)30(21-7-3-1-4-8-21)22-9-5-2-6-10-22/h12-14,16-18,21-22,25H,1-11,15H2,(H2,28,31). The molecule has 2 saturated carbocycles. The van der Waals surface area contributed by atoms with Gasteiger partial charge in [-0.1, -0.05) is 44.6 Å². The highest BCUT2D eigenvalue weighted by atomic mass is 16.5. The topological polar surface area (TPSA) is 68.5 Å². The van der Waals surface area contributed by atoms with Gasteiger partial charge in [-0.3, -0.25) is 9.69 Å². The molecule has 5 heteroatoms. The molecule has 2 N–H and O–H groups in total. The van der Waals surface area contributed by atoms with E-state index in [2.05, 4.69) is 28.1 Å². The Balaban J connectivity index is 1.35. The van der Waals surface area contributed by atoms with Crippen LogP contribution in [0.4, 0.5) is 0 Å². The molecule has 3 aliphatic rings. The lowest BCUT2D eigenvalue weighted by Gasteiger charge is -2.45. The number of pyridine rings is 1. The van der Waals surface area contributed by atoms with Crippen molar-refractivity contribution in [1.82, 2.24) is 9.88 Å². The molecule has 1 unspecified atom stereocenters. The van der Waals surface area contributed by atoms with Gasteiger partial charge < -0.3 is 10.5 Å². The minimum atomic E-state index is -0.479. The monoisotopic (exact) mass is 433 g/mol. The van der Waals surface area contributed by atoms with Gasteiger partial charge in [0.1, 0.15) is 5.75 Å². The minimum absolute atomic E-state index is 0.389. The molecule has 2 aromatic rings. The second-order valence-electron chi connectivity index (χ2n) is 9.80. The number of hydrogen-bond donors (Lipinski definition) is 1. The first-order valence-electron chi connectivity index (χ1n) is 12.5. The summed E-state index contributed by atoms with van der Waals surface area (Å²) in [5, 5.41) is 0. The Labute approximate surface area is 191 Å². The number of ether oxygens (including phenoxy) is 1. The van der Waals surface area contributed by atoms with Gasteiger partial charge in [0.2, 0.25) is 11.8 Å². The third kappa shape index (κ3) is 4.54. The third-order valence-corrected chi connectivity index (χ3v) is 7.76. The van der Waals surface area contributed by atoms with E-state index in [9.17, 15) is 4.79 Å². The fourth-order valence-electron chi connectivity index (χ4n) is 6.22. The number of carbonyl (C=O) groups is 1. The van der Waals surface area contributed by atoms with Crippen LogP contribution >= 0.6 is 0 Å². The molecule has 0 bridgehead atoms. The predicted octanol–water partition coefficient (Wildman–Crippen LogP) is 5.93. The minimum Gasteiger partial charge on any atom is -0.439 e. The molecule has 3 aliphatic carbocycles. The summed E-state index contributed by atoms with van der Waals surface area (Å²) in [6, 6.07) is 12.0. The average Bonchev–Trinajstić information content (AvgIpc) is 3.24. The van der Waals surface area contributed by atoms with Gasteiger partial charge in [-0.05, 0) is 67.9 Å². The van der Waals surface area contributed by atoms with Crippen molar-refractivity contribution < 1.29 is 9.53 Å². The Morgan fingerprint density at radius 3 is 2.19 bits per heavy atom. The second kappa shape index (κ2) is 9.62. The van der Waals surface area contributed by atoms with Gasteiger partial charge in [0.25, 0.3) is 0 Å². The molecule has 1 atom stereocenters. The Bertz CT molecular complexity index is 912. The number of primary amides is 1. The van der Waals surface area contributed by atoms with Crippen molar-refractivity contribution in [2.45, 2.75) is 95.2 Å². The number of hydrogen-bond acceptors (Lipinski definition) is 4. The van der Waals surface area contributed by atoms with Crippen LogP contribution in [0.25, 0.3) is 0 Å². The molecule has 0 aliphatic heterocycles. The zero-order valence-corrected chi connectivity index (χ0v) is 19.0. The summed E-state index contributed by atoms with van der Waals surface area (Å²) < 4.78 is 5.99. The maximum absolute atomic E-state index is 11.3. The number of aryl methyl sites for hydroxylation is 1. The van der Waals surface area contributed by atoms with Crippen LogP contribution in [0.3, 0.4) is 0 Å². The molecular formula is C27H35N3O2. The maximum Gasteiger partial charge on any atom is 0.250 e. The summed E-state index contributed by atoms with van der Waals surface area (Å²) in [4.78, 5) is 18.4. The third-order valence-electron chi connectivity index (χ3n) is 7.76. The van der Waals surface area contributed by atoms with Crippen LogP contribution in [0.2, 0.25) is 0 Å². The summed E-state index contributed by atoms with van der Waals surface area (Å²) >= 11 is 0. The lowest BCUT2D eigenvalue weighted by atomic mass is 9.86. The highest BCUT2D eigenvalue weighted by Gasteiger charge is 2.37. The zero-order valence-electron chi connectivity index (χ0n) is 19.0. The van der Waals surface area contributed by atoms with Crippen LogP contribution < -0.4 is 10.5 Å². The van der Waals surface area contributed by atoms with Gasteiger partial charge >= 0.3 is 0 Å². The molecule has 1 aromatic carbocycles. The summed E-state index contributed by atoms with van der Waals surface area (Å²) in [6.07, 6.45) is 17.7. The second-order valence-corrected chi connectivity index (χ2v) is 9.80. The lowest BCUT2D eigenvalue weighted by Crippen LogP contribution is -2.46. The van der Waals surface area contributed by atoms with E-state index in [-0.39, 0.29) is 0 Å². The molecule has 2 fully saturated rings. The maximum atomic E-state index is 11.3. The number of benzene rings is 1. The fourth-order valence-corrected chi connectivity index (χ4v) is 6.22. The number of rotatable bonds is 6. The molecule has 170 valence electrons. The van der Waals surface area contributed by atoms with Gasteiger partial charge in [-0.2, -0.15) is 0 Å². The van der Waals surface area contributed by atoms with Crippen LogP contribution in [0.1, 0.15) is 98.2 Å². The Kier molecular flexibility index (Phi) is 6.44. The van der Waals surface area contributed by atoms with E-state index in [0.29, 0.717) is 17.5 Å². The van der Waals surface area contributed by atoms with Crippen LogP contribution in [0.5, 0.6) is 11.6 Å². The van der Waals surface area contributed by atoms with Crippen LogP contribution in [-0.2, 0) is 6.42 Å². The molecular weight excluding hydrogens is 398 g/mol. The molecule has 0 saturated heterocycles. The van der Waals surface area contributed by atoms with Crippen LogP contribution in [-0.4, -0.2) is 27.9 Å². The summed E-state index contributed by atoms with van der Waals surface area (Å²) in [5.41, 5.74) is 8.61. The van der Waals surface area contributed by atoms with E-state index in [1.165, 1.54) is 88.0 Å². The molecule has 32 heavy (non-hydrogen) atoms. The first-order valence-corrected chi connectivity index (χ1v) is 12.5. The number of aromatic nitrogens is 1. The Morgan fingerprint density at radius 1 is 0.906 bits per heavy atom. The number of nitrogens with zero attached hydrogens (tertiary/aromatic N) is 2. The van der Waals surface area contributed by atoms with Crippen molar-refractivity contribution >= 4 is 5.91 Å². The van der Waals surface area contributed by atoms with E-state index in [0.717, 1.165) is 24.3 Å². The van der Waals surface area contributed by atoms with Crippen molar-refractivity contribution in [1.29, 1.82) is 0 Å². The first kappa shape index (κ1) is 21.4. The number of carbonyl (C=O) groups excluding carboxylic acids is 1. The first-order chi connectivity index (χ1) is 15.7. The molecule has 5 rings (SSSR count). The van der Waals surface area contributed by atoms with Gasteiger partial charge in [-0.15, -0.1) is 0 Å². The predicted molar refractivity (Wildman–Crippen MR) is 126 cm³/mol. The van der Waals surface area contributed by atoms with Crippen molar-refractivity contribution in [3.05, 3.63) is 53.2 Å². The highest BCUT2D eigenvalue weighted by Crippen LogP contribution is 2.44. The Morgan fingerprint density at radius 2 is 1.59 bits per heavy atom. The van der Waals surface area contributed by atoms with Crippen molar-refractivity contribution in [2.24, 2.45) is 5.73 Å². The largest absolute Gasteiger partial charge is 0.439 e. The highest BCUT2D eigenvalue weighted by molar-refractivity contribution is 5.92. The van der Waals surface area contributed by atoms with E-state index in [1.54, 1.807) is 12.1 Å². The van der Waals surface area contributed by atoms with E-state index in [4.69, 9.17) is 10.5 Å². The normalized spacial score (nSPS) is 22.1. The van der Waals surface area contributed by atoms with Crippen molar-refractivity contribution in [3.63, 3.8) is 0 Å². The van der Waals surface area contributed by atoms with Gasteiger partial charge in [0, 0.05) is 30.4 Å². The lowest BCUT2D eigenvalue weighted by molar-refractivity contribution is 0.0370. The van der Waals surface area contributed by atoms with E-state index < -0.39 is 5.91 Å². The summed E-state index contributed by atoms with van der Waals surface area (Å²) in [7, 11) is 0. The molecule has 1 amide bonds. The number of fused-ring (bicyclic) bond motifs is 1.